The third kappa shape index (κ3) is 14.7. The van der Waals surface area contributed by atoms with Gasteiger partial charge in [0.1, 0.15) is 155 Å². The molecule has 29 heteroatoms. The van der Waals surface area contributed by atoms with Crippen LogP contribution in [-0.2, 0) is 27.5 Å². The summed E-state index contributed by atoms with van der Waals surface area (Å²) < 4.78 is 5.19. The van der Waals surface area contributed by atoms with E-state index >= 15 is 0 Å². The quantitative estimate of drug-likeness (QED) is 0.0659. The van der Waals surface area contributed by atoms with Crippen molar-refractivity contribution in [2.24, 2.45) is 20.6 Å². The third-order valence-electron chi connectivity index (χ3n) is 17.0. The Bertz CT molecular complexity index is 6510. The standard InChI is InChI=1S/C20H11N5O.C19H9N5O.C16H9N5O.C15H9N5O.C14H8N4O/c21-10-16-17(11-22)24-20-18(23-16)14-8-4-5-9-15(14)19(20)25-26-12-13-6-2-1-3-7-13;20-10-15-16(11-21)23-19-17(22-15)13-8-4-5-9-14(13)18(19)24-25-12-6-2-1-3-7-12;1-2-7-22-21-15-11-6-4-3-5-10(11)14-16(15)20-13(9-18)12(8-17)19-14;1-2-21-20-14-10-6-4-3-5-9(10)13-15(14)19-12(8-17)11(7-16)18-13;1-19-9-3-2-8-4-11-14(10(8)5-9)18-13(7-16)12(6-15)17-11/h1-9H,12H2;1-9H;2-6H,1,7H2;3-6H,2H2,1H3;2-3,5H,4H2,1H3. The van der Waals surface area contributed by atoms with E-state index in [1.807, 2.05) is 231 Å². The lowest BCUT2D eigenvalue weighted by molar-refractivity contribution is 0.131. The minimum Gasteiger partial charge on any atom is -0.497 e. The Kier molecular flexibility index (Phi) is 21.9. The maximum atomic E-state index is 9.23. The summed E-state index contributed by atoms with van der Waals surface area (Å²) in [5.74, 6) is 1.32. The molecular weight excluding hydrogens is 1430 g/mol. The Morgan fingerprint density at radius 3 is 1.02 bits per heavy atom. The fraction of sp³-hybridized carbons (Fsp3) is 0.0714. The summed E-state index contributed by atoms with van der Waals surface area (Å²) in [6, 6.07) is 73.6. The molecule has 5 aliphatic rings. The zero-order chi connectivity index (χ0) is 78.9. The Hall–Kier alpha value is -17.7. The number of para-hydroxylation sites is 1. The summed E-state index contributed by atoms with van der Waals surface area (Å²) in [7, 11) is 1.60. The predicted molar refractivity (Wildman–Crippen MR) is 402 cm³/mol. The van der Waals surface area contributed by atoms with Crippen LogP contribution in [0, 0.1) is 113 Å². The van der Waals surface area contributed by atoms with Crippen LogP contribution < -0.4 is 9.57 Å². The van der Waals surface area contributed by atoms with Crippen LogP contribution in [0.3, 0.4) is 0 Å². The van der Waals surface area contributed by atoms with Crippen LogP contribution in [-0.4, -0.2) is 93.0 Å². The van der Waals surface area contributed by atoms with Gasteiger partial charge >= 0.3 is 0 Å². The molecule has 532 valence electrons. The number of benzene rings is 7. The average Bonchev–Trinajstić information content (AvgIpc) is 1.63. The van der Waals surface area contributed by atoms with Crippen molar-refractivity contribution >= 4 is 22.8 Å². The van der Waals surface area contributed by atoms with Gasteiger partial charge in [-0.1, -0.05) is 185 Å². The van der Waals surface area contributed by atoms with Gasteiger partial charge in [0.05, 0.1) is 18.5 Å². The second-order valence-corrected chi connectivity index (χ2v) is 23.6. The molecule has 0 saturated heterocycles. The van der Waals surface area contributed by atoms with Crippen LogP contribution in [0.1, 0.15) is 126 Å². The number of hydrogen-bond donors (Lipinski definition) is 0. The molecule has 0 fully saturated rings. The zero-order valence-corrected chi connectivity index (χ0v) is 59.1. The molecule has 7 aromatic carbocycles. The first-order valence-corrected chi connectivity index (χ1v) is 33.7. The van der Waals surface area contributed by atoms with Crippen molar-refractivity contribution in [3.05, 3.63) is 307 Å². The van der Waals surface area contributed by atoms with Crippen LogP contribution in [0.4, 0.5) is 0 Å². The van der Waals surface area contributed by atoms with Crippen molar-refractivity contribution in [1.82, 2.24) is 49.8 Å². The van der Waals surface area contributed by atoms with Gasteiger partial charge in [-0.2, -0.15) is 52.6 Å². The molecule has 5 heterocycles. The topological polar surface area (TPSA) is 462 Å². The molecule has 12 aromatic rings. The Morgan fingerprint density at radius 2 is 0.655 bits per heavy atom. The van der Waals surface area contributed by atoms with E-state index in [1.165, 1.54) is 0 Å². The van der Waals surface area contributed by atoms with Crippen LogP contribution >= 0.6 is 0 Å². The lowest BCUT2D eigenvalue weighted by Gasteiger charge is -2.04. The molecule has 0 N–H and O–H groups in total. The first kappa shape index (κ1) is 73.6. The number of nitriles is 10. The Labute approximate surface area is 642 Å². The van der Waals surface area contributed by atoms with E-state index < -0.39 is 0 Å². The molecule has 0 amide bonds. The van der Waals surface area contributed by atoms with Crippen LogP contribution in [0.2, 0.25) is 0 Å². The van der Waals surface area contributed by atoms with Crippen molar-refractivity contribution in [3.63, 3.8) is 0 Å². The monoisotopic (exact) mass is 1470 g/mol. The molecule has 113 heavy (non-hydrogen) atoms. The van der Waals surface area contributed by atoms with Crippen LogP contribution in [0.5, 0.6) is 11.5 Å². The van der Waals surface area contributed by atoms with Crippen LogP contribution in [0.15, 0.2) is 209 Å². The minimum atomic E-state index is -0.0264. The number of hydrogen-bond acceptors (Lipinski definition) is 29. The first-order valence-electron chi connectivity index (χ1n) is 33.7. The molecule has 0 saturated carbocycles. The second-order valence-electron chi connectivity index (χ2n) is 23.6. The summed E-state index contributed by atoms with van der Waals surface area (Å²) in [6.07, 6.45) is 2.21. The number of oxime groups is 4. The summed E-state index contributed by atoms with van der Waals surface area (Å²) in [6.45, 7) is 6.39. The Balaban J connectivity index is 0.000000124. The highest BCUT2D eigenvalue weighted by Gasteiger charge is 2.35. The van der Waals surface area contributed by atoms with Crippen molar-refractivity contribution in [3.8, 4) is 128 Å². The SMILES string of the molecule is C=CCON=C1c2ccccc2-c2nc(C#N)c(C#N)nc21.CCON=C1c2ccccc2-c2nc(C#N)c(C#N)nc21.COc1ccc2c(c1)-c1nc(C#N)c(C#N)nc1C2.N#Cc1nc2c(nc1C#N)-c1ccccc1C2=NOCc1ccccc1.N#Cc1nc2c(nc1C#N)-c1ccccc1C2=NOc1ccccc1. The highest BCUT2D eigenvalue weighted by atomic mass is 16.6. The van der Waals surface area contributed by atoms with Gasteiger partial charge < -0.3 is 24.1 Å². The van der Waals surface area contributed by atoms with Gasteiger partial charge in [0.15, 0.2) is 62.7 Å². The third-order valence-corrected chi connectivity index (χ3v) is 17.0. The molecule has 17 rings (SSSR count). The number of aromatic nitrogens is 10. The maximum Gasteiger partial charge on any atom is 0.177 e. The normalized spacial score (nSPS) is 12.6. The van der Waals surface area contributed by atoms with E-state index in [0.29, 0.717) is 99.5 Å². The largest absolute Gasteiger partial charge is 0.497 e. The highest BCUT2D eigenvalue weighted by molar-refractivity contribution is 6.25. The van der Waals surface area contributed by atoms with E-state index in [9.17, 15) is 21.0 Å². The molecule has 0 aliphatic heterocycles. The van der Waals surface area contributed by atoms with E-state index in [1.54, 1.807) is 25.3 Å². The molecule has 0 radical (unpaired) electrons. The summed E-state index contributed by atoms with van der Waals surface area (Å²) >= 11 is 0. The maximum absolute atomic E-state index is 9.23. The minimum absolute atomic E-state index is 0.00119. The predicted octanol–water partition coefficient (Wildman–Crippen LogP) is 12.1. The van der Waals surface area contributed by atoms with Crippen molar-refractivity contribution in [1.29, 1.82) is 52.6 Å². The molecule has 5 aliphatic carbocycles. The molecule has 5 aromatic heterocycles. The van der Waals surface area contributed by atoms with Gasteiger partial charge in [-0.15, -0.1) is 0 Å². The van der Waals surface area contributed by atoms with E-state index in [4.69, 9.17) is 55.7 Å². The molecule has 0 unspecified atom stereocenters. The molecular formula is C84H46N24O5. The fourth-order valence-corrected chi connectivity index (χ4v) is 12.1. The van der Waals surface area contributed by atoms with Gasteiger partial charge in [0, 0.05) is 56.5 Å². The summed E-state index contributed by atoms with van der Waals surface area (Å²) in [5.41, 5.74) is 17.0. The van der Waals surface area contributed by atoms with Gasteiger partial charge in [-0.3, -0.25) is 0 Å². The van der Waals surface area contributed by atoms with Crippen molar-refractivity contribution in [2.45, 2.75) is 20.0 Å². The lowest BCUT2D eigenvalue weighted by Crippen LogP contribution is -2.07. The molecule has 0 atom stereocenters. The fourth-order valence-electron chi connectivity index (χ4n) is 12.1. The number of fused-ring (bicyclic) bond motifs is 15. The number of nitrogens with zero attached hydrogens (tertiary/aromatic N) is 24. The summed E-state index contributed by atoms with van der Waals surface area (Å²) in [5, 5.41) is 108. The highest BCUT2D eigenvalue weighted by Crippen LogP contribution is 2.41. The molecule has 29 nitrogen and oxygen atoms in total. The molecule has 0 spiro atoms. The smallest absolute Gasteiger partial charge is 0.177 e. The van der Waals surface area contributed by atoms with E-state index in [2.05, 4.69) is 77.0 Å². The molecule has 0 bridgehead atoms. The average molecular weight is 1470 g/mol. The van der Waals surface area contributed by atoms with Crippen molar-refractivity contribution in [2.75, 3.05) is 20.3 Å². The van der Waals surface area contributed by atoms with E-state index in [-0.39, 0.29) is 63.5 Å². The number of ether oxygens (including phenoxy) is 1. The first-order chi connectivity index (χ1) is 55.5. The van der Waals surface area contributed by atoms with Gasteiger partial charge in [0.25, 0.3) is 0 Å². The van der Waals surface area contributed by atoms with Gasteiger partial charge in [-0.05, 0) is 42.3 Å². The summed E-state index contributed by atoms with van der Waals surface area (Å²) in [4.78, 5) is 64.0. The Morgan fingerprint density at radius 1 is 0.336 bits per heavy atom. The van der Waals surface area contributed by atoms with Crippen molar-refractivity contribution < 1.29 is 24.1 Å². The lowest BCUT2D eigenvalue weighted by atomic mass is 10.1. The van der Waals surface area contributed by atoms with E-state index in [0.717, 1.165) is 72.6 Å². The van der Waals surface area contributed by atoms with Gasteiger partial charge in [0.2, 0.25) is 0 Å². The number of methoxy groups -OCH3 is 1. The second kappa shape index (κ2) is 33.6. The zero-order valence-electron chi connectivity index (χ0n) is 59.1. The van der Waals surface area contributed by atoms with Crippen LogP contribution in [0.25, 0.3) is 56.3 Å². The van der Waals surface area contributed by atoms with Gasteiger partial charge in [-0.25, -0.2) is 49.8 Å². The number of rotatable bonds is 11.